The van der Waals surface area contributed by atoms with Gasteiger partial charge >= 0.3 is 0 Å². The Morgan fingerprint density at radius 1 is 0.486 bits per heavy atom. The average Bonchev–Trinajstić information content (AvgIpc) is 2.86. The summed E-state index contributed by atoms with van der Waals surface area (Å²) < 4.78 is 0. The van der Waals surface area contributed by atoms with Gasteiger partial charge in [0.15, 0.2) is 0 Å². The molecule has 0 aromatic rings. The van der Waals surface area contributed by atoms with Crippen LogP contribution in [-0.2, 0) is 0 Å². The number of unbranched alkanes of at least 4 members (excludes halogenated alkanes) is 6. The normalized spacial score (nSPS) is 13.7. The van der Waals surface area contributed by atoms with E-state index in [1.54, 1.807) is 0 Å². The highest BCUT2D eigenvalue weighted by atomic mass is 16.3. The van der Waals surface area contributed by atoms with Crippen LogP contribution < -0.4 is 0 Å². The molecule has 1 unspecified atom stereocenters. The van der Waals surface area contributed by atoms with Crippen molar-refractivity contribution in [2.24, 2.45) is 11.8 Å². The Hall–Kier alpha value is -1.08. The summed E-state index contributed by atoms with van der Waals surface area (Å²) in [4.78, 5) is 0. The molecule has 1 atom stereocenters. The lowest BCUT2D eigenvalue weighted by atomic mass is 9.83. The van der Waals surface area contributed by atoms with Crippen molar-refractivity contribution in [2.45, 2.75) is 156 Å². The highest BCUT2D eigenvalue weighted by Gasteiger charge is 2.22. The first kappa shape index (κ1) is 33.9. The molecule has 0 spiro atoms. The second-order valence-corrected chi connectivity index (χ2v) is 10.4. The smallest absolute Gasteiger partial charge is 0.0571 e. The lowest BCUT2D eigenvalue weighted by molar-refractivity contribution is 0.0707. The molecule has 1 heteroatoms. The number of rotatable bonds is 25. The van der Waals surface area contributed by atoms with Crippen LogP contribution in [0, 0.1) is 11.8 Å². The molecular formula is C34H62O. The molecule has 0 saturated heterocycles. The molecule has 35 heavy (non-hydrogen) atoms. The van der Waals surface area contributed by atoms with E-state index in [0.29, 0.717) is 11.8 Å². The minimum absolute atomic E-state index is 0.174. The zero-order valence-corrected chi connectivity index (χ0v) is 24.2. The number of aliphatic hydroxyl groups is 1. The third-order valence-corrected chi connectivity index (χ3v) is 7.10. The predicted octanol–water partition coefficient (Wildman–Crippen LogP) is 11.3. The first-order valence-corrected chi connectivity index (χ1v) is 15.5. The zero-order chi connectivity index (χ0) is 25.8. The third kappa shape index (κ3) is 23.1. The maximum Gasteiger partial charge on any atom is 0.0571 e. The second kappa shape index (κ2) is 27.5. The summed E-state index contributed by atoms with van der Waals surface area (Å²) >= 11 is 0. The predicted molar refractivity (Wildman–Crippen MR) is 160 cm³/mol. The monoisotopic (exact) mass is 486 g/mol. The molecule has 0 bridgehead atoms. The van der Waals surface area contributed by atoms with Gasteiger partial charge in [-0.1, -0.05) is 102 Å². The summed E-state index contributed by atoms with van der Waals surface area (Å²) in [6.07, 6.45) is 41.2. The molecule has 0 rings (SSSR count). The summed E-state index contributed by atoms with van der Waals surface area (Å²) in [6, 6.07) is 0. The Labute approximate surface area is 221 Å². The van der Waals surface area contributed by atoms with Crippen LogP contribution in [0.4, 0.5) is 0 Å². The Morgan fingerprint density at radius 2 is 0.886 bits per heavy atom. The van der Waals surface area contributed by atoms with Gasteiger partial charge in [0.1, 0.15) is 0 Å². The summed E-state index contributed by atoms with van der Waals surface area (Å²) in [6.45, 7) is 8.94. The Morgan fingerprint density at radius 3 is 1.31 bits per heavy atom. The van der Waals surface area contributed by atoms with Gasteiger partial charge in [-0.2, -0.15) is 0 Å². The van der Waals surface area contributed by atoms with Gasteiger partial charge < -0.3 is 5.11 Å². The number of allylic oxidation sites excluding steroid dienone is 8. The second-order valence-electron chi connectivity index (χ2n) is 10.4. The van der Waals surface area contributed by atoms with Gasteiger partial charge in [0, 0.05) is 0 Å². The minimum atomic E-state index is -0.174. The molecule has 0 aliphatic carbocycles. The molecule has 0 aromatic heterocycles. The van der Waals surface area contributed by atoms with E-state index in [-0.39, 0.29) is 6.10 Å². The van der Waals surface area contributed by atoms with Gasteiger partial charge in [0.05, 0.1) is 6.10 Å². The summed E-state index contributed by atoms with van der Waals surface area (Å²) in [5.41, 5.74) is 0. The molecule has 0 amide bonds. The molecule has 0 aliphatic rings. The maximum absolute atomic E-state index is 11.3. The van der Waals surface area contributed by atoms with Gasteiger partial charge in [-0.15, -0.1) is 0 Å². The lowest BCUT2D eigenvalue weighted by Crippen LogP contribution is -2.24. The van der Waals surface area contributed by atoms with Crippen molar-refractivity contribution in [1.29, 1.82) is 0 Å². The van der Waals surface area contributed by atoms with Crippen molar-refractivity contribution < 1.29 is 5.11 Å². The fourth-order valence-corrected chi connectivity index (χ4v) is 4.79. The van der Waals surface area contributed by atoms with Crippen LogP contribution >= 0.6 is 0 Å². The van der Waals surface area contributed by atoms with E-state index in [4.69, 9.17) is 0 Å². The van der Waals surface area contributed by atoms with E-state index in [2.05, 4.69) is 76.3 Å². The van der Waals surface area contributed by atoms with Crippen LogP contribution in [0.3, 0.4) is 0 Å². The lowest BCUT2D eigenvalue weighted by Gasteiger charge is -2.26. The van der Waals surface area contributed by atoms with Crippen LogP contribution in [0.1, 0.15) is 150 Å². The van der Waals surface area contributed by atoms with Gasteiger partial charge in [0.25, 0.3) is 0 Å². The van der Waals surface area contributed by atoms with Gasteiger partial charge in [-0.3, -0.25) is 0 Å². The van der Waals surface area contributed by atoms with Crippen molar-refractivity contribution in [3.05, 3.63) is 48.6 Å². The van der Waals surface area contributed by atoms with Crippen molar-refractivity contribution in [1.82, 2.24) is 0 Å². The number of hydrogen-bond donors (Lipinski definition) is 1. The summed E-state index contributed by atoms with van der Waals surface area (Å²) in [7, 11) is 0. The molecule has 0 radical (unpaired) electrons. The van der Waals surface area contributed by atoms with Crippen LogP contribution in [0.15, 0.2) is 48.6 Å². The maximum atomic E-state index is 11.3. The first-order chi connectivity index (χ1) is 17.2. The molecule has 0 aromatic carbocycles. The summed E-state index contributed by atoms with van der Waals surface area (Å²) in [5, 5.41) is 11.3. The Balaban J connectivity index is 4.89. The molecular weight excluding hydrogens is 424 g/mol. The molecule has 204 valence electrons. The van der Waals surface area contributed by atoms with Crippen molar-refractivity contribution in [3.8, 4) is 0 Å². The van der Waals surface area contributed by atoms with Crippen molar-refractivity contribution in [2.75, 3.05) is 0 Å². The zero-order valence-electron chi connectivity index (χ0n) is 24.2. The van der Waals surface area contributed by atoms with Crippen LogP contribution in [0.2, 0.25) is 0 Å². The fraction of sp³-hybridized carbons (Fsp3) is 0.765. The van der Waals surface area contributed by atoms with Gasteiger partial charge in [-0.05, 0) is 108 Å². The standard InChI is InChI=1S/C34H62O/c1-5-9-13-17-19-21-25-29-33(30-26-22-20-18-14-10-6-2)34(35)31-32(27-23-15-11-7-3)28-24-16-12-8-4/h11-12,15-16,19-22,32-35H,5-10,13-14,17-18,23-31H2,1-4H3/b15-11-,16-12-,21-19-,22-20-. The number of hydrogen-bond acceptors (Lipinski definition) is 1. The molecule has 0 heterocycles. The quantitative estimate of drug-likeness (QED) is 0.100. The number of aliphatic hydroxyl groups excluding tert-OH is 1. The molecule has 1 nitrogen and oxygen atoms in total. The largest absolute Gasteiger partial charge is 0.393 e. The van der Waals surface area contributed by atoms with Crippen LogP contribution in [0.25, 0.3) is 0 Å². The van der Waals surface area contributed by atoms with Crippen molar-refractivity contribution >= 4 is 0 Å². The third-order valence-electron chi connectivity index (χ3n) is 7.10. The average molecular weight is 487 g/mol. The van der Waals surface area contributed by atoms with Gasteiger partial charge in [-0.25, -0.2) is 0 Å². The van der Waals surface area contributed by atoms with Crippen LogP contribution in [0.5, 0.6) is 0 Å². The van der Waals surface area contributed by atoms with E-state index in [0.717, 1.165) is 57.8 Å². The topological polar surface area (TPSA) is 20.2 Å². The van der Waals surface area contributed by atoms with E-state index >= 15 is 0 Å². The first-order valence-electron chi connectivity index (χ1n) is 15.5. The van der Waals surface area contributed by atoms with Gasteiger partial charge in [0.2, 0.25) is 0 Å². The van der Waals surface area contributed by atoms with E-state index in [9.17, 15) is 5.11 Å². The molecule has 1 N–H and O–H groups in total. The molecule has 0 aliphatic heterocycles. The molecule has 0 saturated carbocycles. The Kier molecular flexibility index (Phi) is 26.7. The highest BCUT2D eigenvalue weighted by molar-refractivity contribution is 4.88. The Bertz CT molecular complexity index is 485. The van der Waals surface area contributed by atoms with E-state index in [1.165, 1.54) is 64.2 Å². The van der Waals surface area contributed by atoms with Crippen molar-refractivity contribution in [3.63, 3.8) is 0 Å². The molecule has 0 fully saturated rings. The fourth-order valence-electron chi connectivity index (χ4n) is 4.79. The highest BCUT2D eigenvalue weighted by Crippen LogP contribution is 2.28. The SMILES string of the molecule is CC/C=C\CCC(CC/C=C\CC)CC(O)C(CC/C=C\CCCCC)CC/C=C\CCCCC. The minimum Gasteiger partial charge on any atom is -0.393 e. The summed E-state index contributed by atoms with van der Waals surface area (Å²) in [5.74, 6) is 1.03. The van der Waals surface area contributed by atoms with E-state index < -0.39 is 0 Å². The van der Waals surface area contributed by atoms with Crippen LogP contribution in [-0.4, -0.2) is 11.2 Å². The van der Waals surface area contributed by atoms with E-state index in [1.807, 2.05) is 0 Å².